The van der Waals surface area contributed by atoms with E-state index >= 15 is 0 Å². The van der Waals surface area contributed by atoms with Crippen molar-refractivity contribution in [2.24, 2.45) is 0 Å². The number of aromatic nitrogens is 5. The summed E-state index contributed by atoms with van der Waals surface area (Å²) in [5.41, 5.74) is 10.0. The van der Waals surface area contributed by atoms with Gasteiger partial charge in [-0.15, -0.1) is 0 Å². The molecule has 9 rings (SSSR count). The summed E-state index contributed by atoms with van der Waals surface area (Å²) < 4.78 is 2.29. The number of halogens is 1. The molecule has 9 aromatic rings. The van der Waals surface area contributed by atoms with Gasteiger partial charge in [-0.25, -0.2) is 19.9 Å². The van der Waals surface area contributed by atoms with Crippen LogP contribution in [-0.4, -0.2) is 24.5 Å². The largest absolute Gasteiger partial charge is 0.296 e. The SMILES string of the molecule is CCc1nc2ccccc2n1-c1ccccc1-c1cc(-c2ccc3ccccc3c2)cc(-c2nc(-c3ccccc3)nc(-c3cccc(Cl)c3)n2)c1. The summed E-state index contributed by atoms with van der Waals surface area (Å²) in [6.07, 6.45) is 0.796. The number of fused-ring (bicyclic) bond motifs is 2. The van der Waals surface area contributed by atoms with Gasteiger partial charge in [0.2, 0.25) is 0 Å². The van der Waals surface area contributed by atoms with Crippen LogP contribution in [0.3, 0.4) is 0 Å². The van der Waals surface area contributed by atoms with Crippen molar-refractivity contribution in [3.63, 3.8) is 0 Å². The summed E-state index contributed by atoms with van der Waals surface area (Å²) >= 11 is 6.46. The minimum Gasteiger partial charge on any atom is -0.296 e. The number of aryl methyl sites for hydroxylation is 1. The number of para-hydroxylation sites is 3. The summed E-state index contributed by atoms with van der Waals surface area (Å²) in [5.74, 6) is 2.74. The molecule has 52 heavy (non-hydrogen) atoms. The number of benzene rings is 7. The second kappa shape index (κ2) is 13.4. The Morgan fingerprint density at radius 1 is 0.462 bits per heavy atom. The summed E-state index contributed by atoms with van der Waals surface area (Å²) in [5, 5.41) is 3.00. The van der Waals surface area contributed by atoms with E-state index in [4.69, 9.17) is 31.5 Å². The minimum atomic E-state index is 0.557. The molecular formula is C46H32ClN5. The standard InChI is InChI=1S/C46H32ClN5/c1-2-43-48-40-20-9-11-22-42(40)52(43)41-21-10-8-19-39(41)36-26-35(33-24-23-30-13-6-7-16-32(30)25-33)27-37(28-36)46-50-44(31-14-4-3-5-15-31)49-45(51-46)34-17-12-18-38(47)29-34/h3-29H,2H2,1H3. The Morgan fingerprint density at radius 2 is 1.12 bits per heavy atom. The Morgan fingerprint density at radius 3 is 1.94 bits per heavy atom. The molecule has 0 aliphatic rings. The Hall–Kier alpha value is -6.43. The first-order chi connectivity index (χ1) is 25.6. The van der Waals surface area contributed by atoms with Gasteiger partial charge >= 0.3 is 0 Å². The highest BCUT2D eigenvalue weighted by molar-refractivity contribution is 6.30. The predicted molar refractivity (Wildman–Crippen MR) is 214 cm³/mol. The van der Waals surface area contributed by atoms with Crippen LogP contribution in [0.5, 0.6) is 0 Å². The second-order valence-electron chi connectivity index (χ2n) is 12.8. The van der Waals surface area contributed by atoms with Crippen molar-refractivity contribution in [2.45, 2.75) is 13.3 Å². The molecule has 0 spiro atoms. The number of rotatable bonds is 7. The predicted octanol–water partition coefficient (Wildman–Crippen LogP) is 11.9. The highest BCUT2D eigenvalue weighted by Gasteiger charge is 2.19. The quantitative estimate of drug-likeness (QED) is 0.167. The van der Waals surface area contributed by atoms with Gasteiger partial charge in [0.25, 0.3) is 0 Å². The monoisotopic (exact) mass is 689 g/mol. The van der Waals surface area contributed by atoms with Crippen LogP contribution in [0.15, 0.2) is 164 Å². The molecule has 2 aromatic heterocycles. The molecule has 0 amide bonds. The van der Waals surface area contributed by atoms with Crippen molar-refractivity contribution < 1.29 is 0 Å². The lowest BCUT2D eigenvalue weighted by Gasteiger charge is -2.17. The van der Waals surface area contributed by atoms with Gasteiger partial charge in [0, 0.05) is 33.7 Å². The van der Waals surface area contributed by atoms with Crippen molar-refractivity contribution in [3.05, 3.63) is 175 Å². The van der Waals surface area contributed by atoms with E-state index in [-0.39, 0.29) is 0 Å². The molecule has 0 N–H and O–H groups in total. The lowest BCUT2D eigenvalue weighted by molar-refractivity contribution is 0.909. The van der Waals surface area contributed by atoms with E-state index in [1.54, 1.807) is 0 Å². The van der Waals surface area contributed by atoms with Crippen molar-refractivity contribution >= 4 is 33.4 Å². The fourth-order valence-corrected chi connectivity index (χ4v) is 7.11. The van der Waals surface area contributed by atoms with Crippen LogP contribution in [0.25, 0.3) is 83.9 Å². The zero-order valence-electron chi connectivity index (χ0n) is 28.4. The first kappa shape index (κ1) is 31.5. The first-order valence-corrected chi connectivity index (χ1v) is 17.8. The van der Waals surface area contributed by atoms with E-state index in [1.807, 2.05) is 60.7 Å². The molecular weight excluding hydrogens is 658 g/mol. The van der Waals surface area contributed by atoms with Gasteiger partial charge < -0.3 is 0 Å². The average molecular weight is 690 g/mol. The third kappa shape index (κ3) is 5.91. The first-order valence-electron chi connectivity index (χ1n) is 17.4. The third-order valence-corrected chi connectivity index (χ3v) is 9.66. The van der Waals surface area contributed by atoms with Gasteiger partial charge in [0.05, 0.1) is 16.7 Å². The summed E-state index contributed by atoms with van der Waals surface area (Å²) in [6.45, 7) is 2.15. The number of hydrogen-bond donors (Lipinski definition) is 0. The Labute approximate surface area is 306 Å². The molecule has 6 heteroatoms. The van der Waals surface area contributed by atoms with Crippen LogP contribution in [0.4, 0.5) is 0 Å². The van der Waals surface area contributed by atoms with Crippen molar-refractivity contribution in [1.29, 1.82) is 0 Å². The van der Waals surface area contributed by atoms with Crippen LogP contribution in [0.1, 0.15) is 12.7 Å². The molecule has 2 heterocycles. The van der Waals surface area contributed by atoms with Gasteiger partial charge in [-0.05, 0) is 82.1 Å². The molecule has 7 aromatic carbocycles. The second-order valence-corrected chi connectivity index (χ2v) is 13.2. The molecule has 0 atom stereocenters. The molecule has 5 nitrogen and oxygen atoms in total. The minimum absolute atomic E-state index is 0.557. The molecule has 0 aliphatic carbocycles. The number of imidazole rings is 1. The topological polar surface area (TPSA) is 56.5 Å². The third-order valence-electron chi connectivity index (χ3n) is 9.43. The fourth-order valence-electron chi connectivity index (χ4n) is 6.92. The number of hydrogen-bond acceptors (Lipinski definition) is 4. The number of nitrogens with zero attached hydrogens (tertiary/aromatic N) is 5. The van der Waals surface area contributed by atoms with Gasteiger partial charge in [-0.3, -0.25) is 4.57 Å². The van der Waals surface area contributed by atoms with E-state index in [9.17, 15) is 0 Å². The van der Waals surface area contributed by atoms with Crippen molar-refractivity contribution in [2.75, 3.05) is 0 Å². The molecule has 0 aliphatic heterocycles. The zero-order valence-corrected chi connectivity index (χ0v) is 29.2. The van der Waals surface area contributed by atoms with Crippen molar-refractivity contribution in [3.8, 4) is 62.1 Å². The smallest absolute Gasteiger partial charge is 0.164 e. The van der Waals surface area contributed by atoms with Crippen LogP contribution in [0.2, 0.25) is 5.02 Å². The molecule has 0 bridgehead atoms. The van der Waals surface area contributed by atoms with Gasteiger partial charge in [0.1, 0.15) is 5.82 Å². The summed E-state index contributed by atoms with van der Waals surface area (Å²) in [4.78, 5) is 20.2. The van der Waals surface area contributed by atoms with Crippen LogP contribution >= 0.6 is 11.6 Å². The normalized spacial score (nSPS) is 11.3. The Kier molecular flexibility index (Phi) is 8.11. The molecule has 0 fully saturated rings. The lowest BCUT2D eigenvalue weighted by Crippen LogP contribution is -2.03. The maximum atomic E-state index is 6.46. The summed E-state index contributed by atoms with van der Waals surface area (Å²) in [7, 11) is 0. The van der Waals surface area contributed by atoms with E-state index in [0.717, 1.165) is 67.9 Å². The van der Waals surface area contributed by atoms with Gasteiger partial charge in [-0.2, -0.15) is 0 Å². The van der Waals surface area contributed by atoms with Gasteiger partial charge in [0.15, 0.2) is 17.5 Å². The lowest BCUT2D eigenvalue weighted by atomic mass is 9.93. The van der Waals surface area contributed by atoms with Crippen molar-refractivity contribution in [1.82, 2.24) is 24.5 Å². The van der Waals surface area contributed by atoms with Gasteiger partial charge in [-0.1, -0.05) is 128 Å². The highest BCUT2D eigenvalue weighted by atomic mass is 35.5. The van der Waals surface area contributed by atoms with Crippen LogP contribution in [0, 0.1) is 0 Å². The molecule has 0 unspecified atom stereocenters. The zero-order chi connectivity index (χ0) is 35.0. The Balaban J connectivity index is 1.30. The maximum Gasteiger partial charge on any atom is 0.164 e. The van der Waals surface area contributed by atoms with Crippen LogP contribution < -0.4 is 0 Å². The fraction of sp³-hybridized carbons (Fsp3) is 0.0435. The van der Waals surface area contributed by atoms with E-state index in [2.05, 4.69) is 115 Å². The molecule has 0 saturated heterocycles. The molecule has 0 radical (unpaired) electrons. The Bertz CT molecular complexity index is 2750. The maximum absolute atomic E-state index is 6.46. The van der Waals surface area contributed by atoms with E-state index < -0.39 is 0 Å². The molecule has 0 saturated carbocycles. The average Bonchev–Trinajstić information content (AvgIpc) is 3.59. The summed E-state index contributed by atoms with van der Waals surface area (Å²) in [6, 6.07) is 56.3. The van der Waals surface area contributed by atoms with Crippen LogP contribution in [-0.2, 0) is 6.42 Å². The molecule has 248 valence electrons. The van der Waals surface area contributed by atoms with E-state index in [1.165, 1.54) is 10.8 Å². The van der Waals surface area contributed by atoms with E-state index in [0.29, 0.717) is 22.5 Å². The highest BCUT2D eigenvalue weighted by Crippen LogP contribution is 2.37.